The van der Waals surface area contributed by atoms with Gasteiger partial charge >= 0.3 is 0 Å². The largest absolute Gasteiger partial charge is 0.508 e. The number of carbonyl (C=O) groups is 1. The van der Waals surface area contributed by atoms with Gasteiger partial charge in [0.2, 0.25) is 5.91 Å². The minimum Gasteiger partial charge on any atom is -0.508 e. The fourth-order valence-electron chi connectivity index (χ4n) is 2.89. The molecule has 2 N–H and O–H groups in total. The molecule has 0 saturated carbocycles. The molecule has 1 atom stereocenters. The summed E-state index contributed by atoms with van der Waals surface area (Å²) in [6.07, 6.45) is 7.87. The maximum Gasteiger partial charge on any atom is 0.223 e. The highest BCUT2D eigenvalue weighted by Gasteiger charge is 2.26. The normalized spacial score (nSPS) is 19.6. The molecule has 1 unspecified atom stereocenters. The lowest BCUT2D eigenvalue weighted by atomic mass is 9.81. The highest BCUT2D eigenvalue weighted by molar-refractivity contribution is 5.85. The molecule has 2 aliphatic carbocycles. The number of allylic oxidation sites excluding steroid dienone is 3. The maximum atomic E-state index is 11.9. The van der Waals surface area contributed by atoms with Crippen molar-refractivity contribution < 1.29 is 9.90 Å². The van der Waals surface area contributed by atoms with E-state index in [1.54, 1.807) is 6.07 Å². The van der Waals surface area contributed by atoms with E-state index in [0.29, 0.717) is 12.2 Å². The second-order valence-corrected chi connectivity index (χ2v) is 5.80. The van der Waals surface area contributed by atoms with Crippen LogP contribution in [-0.2, 0) is 17.6 Å². The highest BCUT2D eigenvalue weighted by atomic mass is 16.3. The molecule has 0 aliphatic heterocycles. The van der Waals surface area contributed by atoms with E-state index in [1.165, 1.54) is 5.56 Å². The monoisotopic (exact) mass is 269 g/mol. The van der Waals surface area contributed by atoms with Crippen LogP contribution < -0.4 is 5.32 Å². The molecule has 1 aromatic carbocycles. The molecule has 104 valence electrons. The van der Waals surface area contributed by atoms with Gasteiger partial charge in [-0.2, -0.15) is 0 Å². The summed E-state index contributed by atoms with van der Waals surface area (Å²) >= 11 is 0. The van der Waals surface area contributed by atoms with Crippen molar-refractivity contribution in [2.75, 3.05) is 0 Å². The van der Waals surface area contributed by atoms with Crippen molar-refractivity contribution in [3.05, 3.63) is 47.1 Å². The third-order valence-electron chi connectivity index (χ3n) is 3.96. The molecule has 3 rings (SSSR count). The van der Waals surface area contributed by atoms with Gasteiger partial charge in [0.1, 0.15) is 5.75 Å². The summed E-state index contributed by atoms with van der Waals surface area (Å²) in [7, 11) is 0. The van der Waals surface area contributed by atoms with Gasteiger partial charge in [0.05, 0.1) is 6.04 Å². The Balaban J connectivity index is 1.98. The standard InChI is InChI=1S/C17H19NO2/c1-10(2)17(20)18-13-8-12-5-3-4-11-6-7-15(19)14(9-13)16(11)12/h3,5-8,10,13,19H,4,9H2,1-2H3,(H,18,20). The molecule has 3 nitrogen and oxygen atoms in total. The number of carbonyl (C=O) groups excluding carboxylic acids is 1. The summed E-state index contributed by atoms with van der Waals surface area (Å²) in [6.45, 7) is 3.77. The molecule has 0 heterocycles. The average molecular weight is 269 g/mol. The van der Waals surface area contributed by atoms with Crippen molar-refractivity contribution in [1.82, 2.24) is 5.32 Å². The molecule has 0 aromatic heterocycles. The summed E-state index contributed by atoms with van der Waals surface area (Å²) in [6, 6.07) is 3.70. The first-order valence-corrected chi connectivity index (χ1v) is 7.09. The number of hydrogen-bond acceptors (Lipinski definition) is 2. The number of aromatic hydroxyl groups is 1. The topological polar surface area (TPSA) is 49.3 Å². The van der Waals surface area contributed by atoms with Crippen LogP contribution in [0.1, 0.15) is 30.5 Å². The van der Waals surface area contributed by atoms with Gasteiger partial charge in [0, 0.05) is 17.9 Å². The van der Waals surface area contributed by atoms with Gasteiger partial charge in [0.25, 0.3) is 0 Å². The van der Waals surface area contributed by atoms with Crippen molar-refractivity contribution in [1.29, 1.82) is 0 Å². The van der Waals surface area contributed by atoms with Crippen LogP contribution in [0.3, 0.4) is 0 Å². The Hall–Kier alpha value is -2.03. The lowest BCUT2D eigenvalue weighted by Gasteiger charge is -2.28. The molecular formula is C17H19NO2. The SMILES string of the molecule is CC(C)C(=O)NC1C=C2C=CCc3ccc(O)c(c32)C1. The molecule has 2 aliphatic rings. The minimum atomic E-state index is -0.0451. The van der Waals surface area contributed by atoms with Crippen molar-refractivity contribution in [2.45, 2.75) is 32.7 Å². The zero-order valence-corrected chi connectivity index (χ0v) is 11.8. The first kappa shape index (κ1) is 13.0. The van der Waals surface area contributed by atoms with Crippen LogP contribution in [0.25, 0.3) is 5.57 Å². The molecule has 1 amide bonds. The summed E-state index contributed by atoms with van der Waals surface area (Å²) in [5.41, 5.74) is 4.47. The summed E-state index contributed by atoms with van der Waals surface area (Å²) in [5, 5.41) is 13.1. The number of hydrogen-bond donors (Lipinski definition) is 2. The second-order valence-electron chi connectivity index (χ2n) is 5.80. The number of phenols is 1. The molecular weight excluding hydrogens is 250 g/mol. The summed E-state index contributed by atoms with van der Waals surface area (Å²) in [4.78, 5) is 11.9. The van der Waals surface area contributed by atoms with Crippen molar-refractivity contribution >= 4 is 11.5 Å². The van der Waals surface area contributed by atoms with Gasteiger partial charge in [-0.05, 0) is 29.2 Å². The zero-order valence-electron chi connectivity index (χ0n) is 11.8. The highest BCUT2D eigenvalue weighted by Crippen LogP contribution is 2.38. The molecule has 0 saturated heterocycles. The quantitative estimate of drug-likeness (QED) is 0.867. The molecule has 0 bridgehead atoms. The lowest BCUT2D eigenvalue weighted by molar-refractivity contribution is -0.124. The average Bonchev–Trinajstić information content (AvgIpc) is 2.42. The zero-order chi connectivity index (χ0) is 14.3. The van der Waals surface area contributed by atoms with Crippen molar-refractivity contribution in [3.63, 3.8) is 0 Å². The third kappa shape index (κ3) is 2.13. The maximum absolute atomic E-state index is 11.9. The number of benzene rings is 1. The van der Waals surface area contributed by atoms with E-state index < -0.39 is 0 Å². The van der Waals surface area contributed by atoms with Gasteiger partial charge in [0.15, 0.2) is 0 Å². The van der Waals surface area contributed by atoms with E-state index >= 15 is 0 Å². The van der Waals surface area contributed by atoms with Crippen molar-refractivity contribution in [2.24, 2.45) is 5.92 Å². The number of rotatable bonds is 2. The molecule has 1 aromatic rings. The lowest BCUT2D eigenvalue weighted by Crippen LogP contribution is -2.39. The predicted molar refractivity (Wildman–Crippen MR) is 79.4 cm³/mol. The van der Waals surface area contributed by atoms with Crippen LogP contribution in [0.2, 0.25) is 0 Å². The van der Waals surface area contributed by atoms with Crippen LogP contribution in [0.4, 0.5) is 0 Å². The Morgan fingerprint density at radius 1 is 1.40 bits per heavy atom. The Labute approximate surface area is 119 Å². The Bertz CT molecular complexity index is 626. The summed E-state index contributed by atoms with van der Waals surface area (Å²) < 4.78 is 0. The Morgan fingerprint density at radius 2 is 2.20 bits per heavy atom. The molecule has 0 radical (unpaired) electrons. The summed E-state index contributed by atoms with van der Waals surface area (Å²) in [5.74, 6) is 0.343. The molecule has 3 heteroatoms. The number of nitrogens with one attached hydrogen (secondary N) is 1. The van der Waals surface area contributed by atoms with Crippen LogP contribution in [0.15, 0.2) is 30.4 Å². The predicted octanol–water partition coefficient (Wildman–Crippen LogP) is 2.58. The second kappa shape index (κ2) is 4.82. The van der Waals surface area contributed by atoms with E-state index in [9.17, 15) is 9.90 Å². The van der Waals surface area contributed by atoms with Gasteiger partial charge in [-0.1, -0.05) is 38.1 Å². The number of phenolic OH excluding ortho intramolecular Hbond substituents is 1. The smallest absolute Gasteiger partial charge is 0.223 e. The Morgan fingerprint density at radius 3 is 2.95 bits per heavy atom. The first-order valence-electron chi connectivity index (χ1n) is 7.09. The first-order chi connectivity index (χ1) is 9.56. The molecule has 20 heavy (non-hydrogen) atoms. The fraction of sp³-hybridized carbons (Fsp3) is 0.353. The van der Waals surface area contributed by atoms with E-state index in [4.69, 9.17) is 0 Å². The van der Waals surface area contributed by atoms with Crippen LogP contribution >= 0.6 is 0 Å². The fourth-order valence-corrected chi connectivity index (χ4v) is 2.89. The van der Waals surface area contributed by atoms with E-state index in [-0.39, 0.29) is 17.9 Å². The van der Waals surface area contributed by atoms with Crippen LogP contribution in [-0.4, -0.2) is 17.1 Å². The van der Waals surface area contributed by atoms with Crippen LogP contribution in [0.5, 0.6) is 5.75 Å². The van der Waals surface area contributed by atoms with E-state index in [0.717, 1.165) is 23.1 Å². The molecule has 0 spiro atoms. The molecule has 0 fully saturated rings. The third-order valence-corrected chi connectivity index (χ3v) is 3.96. The van der Waals surface area contributed by atoms with E-state index in [1.807, 2.05) is 19.9 Å². The van der Waals surface area contributed by atoms with Crippen LogP contribution in [0, 0.1) is 5.92 Å². The van der Waals surface area contributed by atoms with Crippen molar-refractivity contribution in [3.8, 4) is 5.75 Å². The van der Waals surface area contributed by atoms with E-state index in [2.05, 4.69) is 23.5 Å². The van der Waals surface area contributed by atoms with Gasteiger partial charge in [-0.3, -0.25) is 4.79 Å². The number of amides is 1. The van der Waals surface area contributed by atoms with Gasteiger partial charge in [-0.15, -0.1) is 0 Å². The van der Waals surface area contributed by atoms with Gasteiger partial charge in [-0.25, -0.2) is 0 Å². The van der Waals surface area contributed by atoms with Gasteiger partial charge < -0.3 is 10.4 Å². The Kier molecular flexibility index (Phi) is 3.13. The minimum absolute atomic E-state index is 0.0309.